The topological polar surface area (TPSA) is 58.8 Å². The number of nitrogens with zero attached hydrogens (tertiary/aromatic N) is 3. The molecule has 60 valence electrons. The highest BCUT2D eigenvalue weighted by Crippen LogP contribution is 2.04. The molecule has 0 spiro atoms. The molecule has 0 amide bonds. The third-order valence-corrected chi connectivity index (χ3v) is 1.11. The molecule has 0 aliphatic rings. The highest BCUT2D eigenvalue weighted by Gasteiger charge is 1.96. The summed E-state index contributed by atoms with van der Waals surface area (Å²) in [5, 5.41) is 8.47. The molecule has 4 nitrogen and oxygen atoms in total. The maximum absolute atomic E-state index is 8.47. The van der Waals surface area contributed by atoms with Gasteiger partial charge in [0.1, 0.15) is 24.7 Å². The van der Waals surface area contributed by atoms with Crippen LogP contribution in [0.2, 0.25) is 0 Å². The van der Waals surface area contributed by atoms with Crippen LogP contribution in [0.4, 0.5) is 0 Å². The summed E-state index contributed by atoms with van der Waals surface area (Å²) in [6.07, 6.45) is 2.89. The van der Waals surface area contributed by atoms with E-state index in [-0.39, 0.29) is 0 Å². The second kappa shape index (κ2) is 4.09. The fourth-order valence-corrected chi connectivity index (χ4v) is 0.624. The average molecular weight is 161 g/mol. The van der Waals surface area contributed by atoms with Crippen LogP contribution in [0.15, 0.2) is 25.0 Å². The Hall–Kier alpha value is -1.89. The highest BCUT2D eigenvalue weighted by atomic mass is 16.5. The number of ether oxygens (including phenoxy) is 1. The first-order chi connectivity index (χ1) is 5.86. The van der Waals surface area contributed by atoms with E-state index < -0.39 is 0 Å². The van der Waals surface area contributed by atoms with E-state index in [1.807, 2.05) is 6.07 Å². The molecule has 1 aromatic rings. The Morgan fingerprint density at radius 1 is 1.67 bits per heavy atom. The van der Waals surface area contributed by atoms with Crippen LogP contribution in [-0.2, 0) is 0 Å². The van der Waals surface area contributed by atoms with Crippen LogP contribution in [0.1, 0.15) is 5.69 Å². The summed E-state index contributed by atoms with van der Waals surface area (Å²) in [5.74, 6) is 0.390. The van der Waals surface area contributed by atoms with Gasteiger partial charge in [0.15, 0.2) is 0 Å². The SMILES string of the molecule is C=CCOc1cc(C#N)ncn1. The lowest BCUT2D eigenvalue weighted by Crippen LogP contribution is -1.96. The van der Waals surface area contributed by atoms with E-state index in [1.165, 1.54) is 12.4 Å². The fourth-order valence-electron chi connectivity index (χ4n) is 0.624. The van der Waals surface area contributed by atoms with Crippen molar-refractivity contribution < 1.29 is 4.74 Å². The Balaban J connectivity index is 2.74. The molecule has 0 radical (unpaired) electrons. The van der Waals surface area contributed by atoms with Gasteiger partial charge in [0, 0.05) is 6.07 Å². The Bertz CT molecular complexity index is 316. The predicted octanol–water partition coefficient (Wildman–Crippen LogP) is 0.913. The number of nitriles is 1. The fraction of sp³-hybridized carbons (Fsp3) is 0.125. The van der Waals surface area contributed by atoms with Gasteiger partial charge in [0.25, 0.3) is 0 Å². The molecule has 0 N–H and O–H groups in total. The largest absolute Gasteiger partial charge is 0.473 e. The smallest absolute Gasteiger partial charge is 0.217 e. The first-order valence-corrected chi connectivity index (χ1v) is 3.32. The summed E-state index contributed by atoms with van der Waals surface area (Å²) < 4.78 is 5.08. The average Bonchev–Trinajstić information content (AvgIpc) is 2.15. The zero-order valence-electron chi connectivity index (χ0n) is 6.40. The van der Waals surface area contributed by atoms with Gasteiger partial charge in [-0.2, -0.15) is 5.26 Å². The van der Waals surface area contributed by atoms with Crippen LogP contribution in [0.25, 0.3) is 0 Å². The number of rotatable bonds is 3. The minimum Gasteiger partial charge on any atom is -0.473 e. The normalized spacial score (nSPS) is 8.58. The van der Waals surface area contributed by atoms with E-state index in [1.54, 1.807) is 6.08 Å². The molecule has 0 aromatic carbocycles. The van der Waals surface area contributed by atoms with Gasteiger partial charge in [-0.25, -0.2) is 9.97 Å². The molecule has 1 aromatic heterocycles. The Labute approximate surface area is 70.1 Å². The molecular formula is C8H7N3O. The van der Waals surface area contributed by atoms with Crippen LogP contribution >= 0.6 is 0 Å². The molecule has 0 saturated carbocycles. The van der Waals surface area contributed by atoms with Crippen molar-refractivity contribution in [1.29, 1.82) is 5.26 Å². The zero-order valence-corrected chi connectivity index (χ0v) is 6.40. The molecule has 0 unspecified atom stereocenters. The molecule has 4 heteroatoms. The van der Waals surface area contributed by atoms with Crippen molar-refractivity contribution in [3.63, 3.8) is 0 Å². The lowest BCUT2D eigenvalue weighted by Gasteiger charge is -1.99. The Morgan fingerprint density at radius 3 is 3.17 bits per heavy atom. The van der Waals surface area contributed by atoms with Crippen LogP contribution in [0, 0.1) is 11.3 Å². The van der Waals surface area contributed by atoms with Gasteiger partial charge in [-0.1, -0.05) is 12.7 Å². The third-order valence-electron chi connectivity index (χ3n) is 1.11. The van der Waals surface area contributed by atoms with Gasteiger partial charge in [-0.15, -0.1) is 0 Å². The van der Waals surface area contributed by atoms with Crippen molar-refractivity contribution in [3.8, 4) is 11.9 Å². The van der Waals surface area contributed by atoms with Gasteiger partial charge in [0.05, 0.1) is 0 Å². The number of aromatic nitrogens is 2. The van der Waals surface area contributed by atoms with Crippen molar-refractivity contribution in [1.82, 2.24) is 9.97 Å². The molecule has 1 rings (SSSR count). The third kappa shape index (κ3) is 2.06. The Kier molecular flexibility index (Phi) is 2.79. The number of hydrogen-bond acceptors (Lipinski definition) is 4. The monoisotopic (exact) mass is 161 g/mol. The summed E-state index contributed by atoms with van der Waals surface area (Å²) >= 11 is 0. The predicted molar refractivity (Wildman–Crippen MR) is 42.4 cm³/mol. The molecule has 0 bridgehead atoms. The van der Waals surface area contributed by atoms with E-state index in [2.05, 4.69) is 16.5 Å². The van der Waals surface area contributed by atoms with Crippen molar-refractivity contribution in [2.75, 3.05) is 6.61 Å². The van der Waals surface area contributed by atoms with Crippen LogP contribution in [-0.4, -0.2) is 16.6 Å². The molecule has 0 aliphatic heterocycles. The van der Waals surface area contributed by atoms with Crippen LogP contribution in [0.3, 0.4) is 0 Å². The summed E-state index contributed by atoms with van der Waals surface area (Å²) in [6, 6.07) is 3.36. The highest BCUT2D eigenvalue weighted by molar-refractivity contribution is 5.24. The molecule has 0 aliphatic carbocycles. The van der Waals surface area contributed by atoms with Crippen molar-refractivity contribution in [3.05, 3.63) is 30.7 Å². The van der Waals surface area contributed by atoms with E-state index in [0.29, 0.717) is 18.2 Å². The molecule has 12 heavy (non-hydrogen) atoms. The molecule has 0 atom stereocenters. The lowest BCUT2D eigenvalue weighted by molar-refractivity contribution is 0.347. The first-order valence-electron chi connectivity index (χ1n) is 3.32. The van der Waals surface area contributed by atoms with Gasteiger partial charge in [-0.3, -0.25) is 0 Å². The summed E-state index contributed by atoms with van der Waals surface area (Å²) in [7, 11) is 0. The molecule has 0 fully saturated rings. The zero-order chi connectivity index (χ0) is 8.81. The summed E-state index contributed by atoms with van der Waals surface area (Å²) in [6.45, 7) is 3.86. The standard InChI is InChI=1S/C8H7N3O/c1-2-3-12-8-4-7(5-9)10-6-11-8/h2,4,6H,1,3H2. The Morgan fingerprint density at radius 2 is 2.50 bits per heavy atom. The second-order valence-corrected chi connectivity index (χ2v) is 1.95. The first kappa shape index (κ1) is 8.21. The van der Waals surface area contributed by atoms with Gasteiger partial charge >= 0.3 is 0 Å². The second-order valence-electron chi connectivity index (χ2n) is 1.95. The van der Waals surface area contributed by atoms with Crippen molar-refractivity contribution >= 4 is 0 Å². The van der Waals surface area contributed by atoms with Gasteiger partial charge in [-0.05, 0) is 0 Å². The molecule has 0 saturated heterocycles. The van der Waals surface area contributed by atoms with E-state index in [0.717, 1.165) is 0 Å². The van der Waals surface area contributed by atoms with Crippen molar-refractivity contribution in [2.24, 2.45) is 0 Å². The van der Waals surface area contributed by atoms with E-state index in [9.17, 15) is 0 Å². The lowest BCUT2D eigenvalue weighted by atomic mass is 10.4. The van der Waals surface area contributed by atoms with Crippen LogP contribution in [0.5, 0.6) is 5.88 Å². The van der Waals surface area contributed by atoms with E-state index >= 15 is 0 Å². The van der Waals surface area contributed by atoms with E-state index in [4.69, 9.17) is 10.00 Å². The van der Waals surface area contributed by atoms with Crippen molar-refractivity contribution in [2.45, 2.75) is 0 Å². The molecule has 1 heterocycles. The van der Waals surface area contributed by atoms with Gasteiger partial charge in [0.2, 0.25) is 5.88 Å². The molecular weight excluding hydrogens is 154 g/mol. The quantitative estimate of drug-likeness (QED) is 0.618. The summed E-state index contributed by atoms with van der Waals surface area (Å²) in [4.78, 5) is 7.48. The summed E-state index contributed by atoms with van der Waals surface area (Å²) in [5.41, 5.74) is 0.295. The maximum atomic E-state index is 8.47. The van der Waals surface area contributed by atoms with Gasteiger partial charge < -0.3 is 4.74 Å². The minimum atomic E-state index is 0.295. The minimum absolute atomic E-state index is 0.295. The number of hydrogen-bond donors (Lipinski definition) is 0. The maximum Gasteiger partial charge on any atom is 0.217 e. The van der Waals surface area contributed by atoms with Crippen LogP contribution < -0.4 is 4.74 Å².